The van der Waals surface area contributed by atoms with Crippen LogP contribution in [0.25, 0.3) is 16.7 Å². The third-order valence-corrected chi connectivity index (χ3v) is 2.80. The smallest absolute Gasteiger partial charge is 0.167 e. The Morgan fingerprint density at radius 3 is 2.76 bits per heavy atom. The fourth-order valence-electron chi connectivity index (χ4n) is 1.70. The molecule has 1 heterocycles. The van der Waals surface area contributed by atoms with Crippen LogP contribution in [0.2, 0.25) is 5.02 Å². The largest absolute Gasteiger partial charge is 0.210 e. The van der Waals surface area contributed by atoms with Gasteiger partial charge in [-0.15, -0.1) is 5.10 Å². The Morgan fingerprint density at radius 2 is 1.88 bits per heavy atom. The van der Waals surface area contributed by atoms with Crippen molar-refractivity contribution in [1.29, 1.82) is 0 Å². The normalized spacial score (nSPS) is 10.9. The number of halogens is 2. The van der Waals surface area contributed by atoms with E-state index < -0.39 is 5.82 Å². The van der Waals surface area contributed by atoms with Gasteiger partial charge < -0.3 is 0 Å². The van der Waals surface area contributed by atoms with Gasteiger partial charge in [0.25, 0.3) is 0 Å². The van der Waals surface area contributed by atoms with E-state index in [1.807, 2.05) is 24.3 Å². The van der Waals surface area contributed by atoms with E-state index in [0.29, 0.717) is 11.2 Å². The first-order valence-electron chi connectivity index (χ1n) is 5.02. The van der Waals surface area contributed by atoms with E-state index in [-0.39, 0.29) is 5.02 Å². The molecule has 0 aliphatic heterocycles. The molecule has 0 spiro atoms. The van der Waals surface area contributed by atoms with Crippen molar-refractivity contribution in [2.75, 3.05) is 0 Å². The van der Waals surface area contributed by atoms with Crippen LogP contribution in [0.15, 0.2) is 42.5 Å². The average Bonchev–Trinajstić information content (AvgIpc) is 2.77. The number of para-hydroxylation sites is 1. The molecule has 1 aromatic heterocycles. The third-order valence-electron chi connectivity index (χ3n) is 2.51. The Bertz CT molecular complexity index is 693. The zero-order valence-corrected chi connectivity index (χ0v) is 9.39. The molecule has 0 aliphatic carbocycles. The molecule has 17 heavy (non-hydrogen) atoms. The molecule has 0 fully saturated rings. The summed E-state index contributed by atoms with van der Waals surface area (Å²) in [6, 6.07) is 12.1. The van der Waals surface area contributed by atoms with Gasteiger partial charge in [-0.1, -0.05) is 35.0 Å². The minimum Gasteiger partial charge on any atom is -0.210 e. The standard InChI is InChI=1S/C12H7ClFN3/c13-8-4-3-7-11(12(8)14)17-10-6-2-1-5-9(10)15-16-17/h1-7H. The Kier molecular flexibility index (Phi) is 2.30. The van der Waals surface area contributed by atoms with E-state index >= 15 is 0 Å². The minimum atomic E-state index is -0.496. The van der Waals surface area contributed by atoms with Crippen molar-refractivity contribution in [2.45, 2.75) is 0 Å². The lowest BCUT2D eigenvalue weighted by Crippen LogP contribution is -2.00. The molecule has 2 aromatic carbocycles. The maximum Gasteiger partial charge on any atom is 0.167 e. The second-order valence-electron chi connectivity index (χ2n) is 3.56. The van der Waals surface area contributed by atoms with Gasteiger partial charge >= 0.3 is 0 Å². The van der Waals surface area contributed by atoms with Gasteiger partial charge in [0.2, 0.25) is 0 Å². The maximum absolute atomic E-state index is 13.9. The summed E-state index contributed by atoms with van der Waals surface area (Å²) in [5.41, 5.74) is 1.76. The number of rotatable bonds is 1. The van der Waals surface area contributed by atoms with E-state index in [1.54, 1.807) is 12.1 Å². The lowest BCUT2D eigenvalue weighted by molar-refractivity contribution is 0.610. The van der Waals surface area contributed by atoms with Gasteiger partial charge in [-0.25, -0.2) is 9.07 Å². The summed E-state index contributed by atoms with van der Waals surface area (Å²) in [6.07, 6.45) is 0. The molecule has 0 radical (unpaired) electrons. The first-order valence-corrected chi connectivity index (χ1v) is 5.40. The summed E-state index contributed by atoms with van der Waals surface area (Å²) in [5, 5.41) is 7.98. The Labute approximate surface area is 101 Å². The molecule has 3 nitrogen and oxygen atoms in total. The summed E-state index contributed by atoms with van der Waals surface area (Å²) >= 11 is 5.75. The van der Waals surface area contributed by atoms with Crippen molar-refractivity contribution in [3.8, 4) is 5.69 Å². The molecule has 0 atom stereocenters. The van der Waals surface area contributed by atoms with Crippen LogP contribution >= 0.6 is 11.6 Å². The van der Waals surface area contributed by atoms with Crippen LogP contribution in [0.4, 0.5) is 4.39 Å². The molecule has 0 bridgehead atoms. The van der Waals surface area contributed by atoms with E-state index in [0.717, 1.165) is 5.52 Å². The fourth-order valence-corrected chi connectivity index (χ4v) is 1.87. The van der Waals surface area contributed by atoms with Crippen LogP contribution < -0.4 is 0 Å². The van der Waals surface area contributed by atoms with E-state index in [2.05, 4.69) is 10.3 Å². The van der Waals surface area contributed by atoms with Crippen LogP contribution in [0.1, 0.15) is 0 Å². The highest BCUT2D eigenvalue weighted by Crippen LogP contribution is 2.23. The molecule has 0 aliphatic rings. The molecule has 5 heteroatoms. The molecule has 0 N–H and O–H groups in total. The van der Waals surface area contributed by atoms with Gasteiger partial charge in [0, 0.05) is 0 Å². The summed E-state index contributed by atoms with van der Waals surface area (Å²) in [5.74, 6) is -0.496. The number of fused-ring (bicyclic) bond motifs is 1. The van der Waals surface area contributed by atoms with Crippen LogP contribution in [0.5, 0.6) is 0 Å². The Morgan fingerprint density at radius 1 is 1.06 bits per heavy atom. The SMILES string of the molecule is Fc1c(Cl)cccc1-n1nnc2ccccc21. The Balaban J connectivity index is 2.31. The van der Waals surface area contributed by atoms with Gasteiger partial charge in [0.15, 0.2) is 5.82 Å². The molecule has 3 rings (SSSR count). The van der Waals surface area contributed by atoms with E-state index in [9.17, 15) is 4.39 Å². The molecule has 0 saturated heterocycles. The van der Waals surface area contributed by atoms with Crippen LogP contribution in [0, 0.1) is 5.82 Å². The second kappa shape index (κ2) is 3.82. The quantitative estimate of drug-likeness (QED) is 0.661. The molecular formula is C12H7ClFN3. The van der Waals surface area contributed by atoms with Crippen molar-refractivity contribution in [3.63, 3.8) is 0 Å². The summed E-state index contributed by atoms with van der Waals surface area (Å²) in [7, 11) is 0. The zero-order chi connectivity index (χ0) is 11.8. The molecular weight excluding hydrogens is 241 g/mol. The second-order valence-corrected chi connectivity index (χ2v) is 3.97. The van der Waals surface area contributed by atoms with Crippen LogP contribution in [0.3, 0.4) is 0 Å². The lowest BCUT2D eigenvalue weighted by atomic mass is 10.2. The van der Waals surface area contributed by atoms with Gasteiger partial charge in [0.1, 0.15) is 11.2 Å². The third kappa shape index (κ3) is 1.57. The van der Waals surface area contributed by atoms with Crippen molar-refractivity contribution in [2.24, 2.45) is 0 Å². The number of hydrogen-bond donors (Lipinski definition) is 0. The number of hydrogen-bond acceptors (Lipinski definition) is 2. The monoisotopic (exact) mass is 247 g/mol. The highest BCUT2D eigenvalue weighted by molar-refractivity contribution is 6.30. The first-order chi connectivity index (χ1) is 8.27. The van der Waals surface area contributed by atoms with E-state index in [1.165, 1.54) is 10.7 Å². The van der Waals surface area contributed by atoms with Crippen molar-refractivity contribution in [3.05, 3.63) is 53.3 Å². The highest BCUT2D eigenvalue weighted by Gasteiger charge is 2.12. The maximum atomic E-state index is 13.9. The molecule has 84 valence electrons. The predicted octanol–water partition coefficient (Wildman–Crippen LogP) is 3.21. The first kappa shape index (κ1) is 10.2. The number of nitrogens with zero attached hydrogens (tertiary/aromatic N) is 3. The van der Waals surface area contributed by atoms with Gasteiger partial charge in [0.05, 0.1) is 10.5 Å². The van der Waals surface area contributed by atoms with Crippen LogP contribution in [-0.2, 0) is 0 Å². The average molecular weight is 248 g/mol. The van der Waals surface area contributed by atoms with Gasteiger partial charge in [-0.05, 0) is 24.3 Å². The summed E-state index contributed by atoms with van der Waals surface area (Å²) in [6.45, 7) is 0. The van der Waals surface area contributed by atoms with Gasteiger partial charge in [-0.2, -0.15) is 0 Å². The van der Waals surface area contributed by atoms with Crippen LogP contribution in [-0.4, -0.2) is 15.0 Å². The predicted molar refractivity (Wildman–Crippen MR) is 63.8 cm³/mol. The topological polar surface area (TPSA) is 30.7 Å². The number of aromatic nitrogens is 3. The zero-order valence-electron chi connectivity index (χ0n) is 8.64. The van der Waals surface area contributed by atoms with E-state index in [4.69, 9.17) is 11.6 Å². The summed E-state index contributed by atoms with van der Waals surface area (Å²) < 4.78 is 15.3. The molecule has 0 unspecified atom stereocenters. The van der Waals surface area contributed by atoms with Crippen molar-refractivity contribution in [1.82, 2.24) is 15.0 Å². The molecule has 0 amide bonds. The van der Waals surface area contributed by atoms with Gasteiger partial charge in [-0.3, -0.25) is 0 Å². The van der Waals surface area contributed by atoms with Crippen molar-refractivity contribution >= 4 is 22.6 Å². The highest BCUT2D eigenvalue weighted by atomic mass is 35.5. The fraction of sp³-hybridized carbons (Fsp3) is 0. The van der Waals surface area contributed by atoms with Crippen molar-refractivity contribution < 1.29 is 4.39 Å². The lowest BCUT2D eigenvalue weighted by Gasteiger charge is -2.04. The number of benzene rings is 2. The molecule has 3 aromatic rings. The minimum absolute atomic E-state index is 0.0714. The molecule has 0 saturated carbocycles. The summed E-state index contributed by atoms with van der Waals surface area (Å²) in [4.78, 5) is 0. The Hall–Kier alpha value is -1.94.